The van der Waals surface area contributed by atoms with Crippen LogP contribution in [0.15, 0.2) is 24.3 Å². The second-order valence-corrected chi connectivity index (χ2v) is 6.20. The number of nitrogens with zero attached hydrogens (tertiary/aromatic N) is 1. The van der Waals surface area contributed by atoms with Gasteiger partial charge in [-0.05, 0) is 43.9 Å². The van der Waals surface area contributed by atoms with Crippen LogP contribution in [0.2, 0.25) is 0 Å². The van der Waals surface area contributed by atoms with Crippen LogP contribution in [0.5, 0.6) is 5.75 Å². The Balaban J connectivity index is 1.70. The van der Waals surface area contributed by atoms with Gasteiger partial charge in [-0.1, -0.05) is 25.5 Å². The van der Waals surface area contributed by atoms with Gasteiger partial charge in [0.05, 0.1) is 6.61 Å². The van der Waals surface area contributed by atoms with E-state index in [-0.39, 0.29) is 24.6 Å². The Labute approximate surface area is 149 Å². The Kier molecular flexibility index (Phi) is 7.57. The normalized spacial score (nSPS) is 14.9. The van der Waals surface area contributed by atoms with E-state index in [1.807, 2.05) is 24.3 Å². The van der Waals surface area contributed by atoms with E-state index in [2.05, 4.69) is 12.2 Å². The van der Waals surface area contributed by atoms with Crippen molar-refractivity contribution >= 4 is 12.0 Å². The number of ether oxygens (including phenoxy) is 2. The Hall–Kier alpha value is -2.24. The third-order valence-corrected chi connectivity index (χ3v) is 4.27. The Bertz CT molecular complexity index is 551. The number of likely N-dealkylation sites (tertiary alicyclic amines) is 1. The van der Waals surface area contributed by atoms with E-state index in [0.717, 1.165) is 25.7 Å². The van der Waals surface area contributed by atoms with E-state index in [1.54, 1.807) is 11.8 Å². The molecule has 0 unspecified atom stereocenters. The number of aryl methyl sites for hydroxylation is 1. The summed E-state index contributed by atoms with van der Waals surface area (Å²) < 4.78 is 10.5. The molecule has 1 N–H and O–H groups in total. The number of carbonyl (C=O) groups is 2. The minimum atomic E-state index is -0.387. The largest absolute Gasteiger partial charge is 0.484 e. The van der Waals surface area contributed by atoms with Gasteiger partial charge in [-0.25, -0.2) is 4.79 Å². The predicted molar refractivity (Wildman–Crippen MR) is 95.7 cm³/mol. The maximum absolute atomic E-state index is 12.3. The van der Waals surface area contributed by atoms with Gasteiger partial charge >= 0.3 is 6.09 Å². The predicted octanol–water partition coefficient (Wildman–Crippen LogP) is 2.76. The van der Waals surface area contributed by atoms with Gasteiger partial charge in [-0.2, -0.15) is 0 Å². The molecule has 0 radical (unpaired) electrons. The van der Waals surface area contributed by atoms with Crippen LogP contribution in [-0.4, -0.2) is 49.2 Å². The minimum Gasteiger partial charge on any atom is -0.484 e. The number of hydrogen-bond acceptors (Lipinski definition) is 4. The van der Waals surface area contributed by atoms with Crippen molar-refractivity contribution in [2.24, 2.45) is 0 Å². The molecule has 6 heteroatoms. The van der Waals surface area contributed by atoms with Gasteiger partial charge in [-0.3, -0.25) is 4.79 Å². The molecule has 2 rings (SSSR count). The molecule has 25 heavy (non-hydrogen) atoms. The fourth-order valence-corrected chi connectivity index (χ4v) is 2.89. The summed E-state index contributed by atoms with van der Waals surface area (Å²) in [4.78, 5) is 25.5. The van der Waals surface area contributed by atoms with Crippen molar-refractivity contribution in [3.8, 4) is 5.75 Å². The van der Waals surface area contributed by atoms with Gasteiger partial charge in [0.2, 0.25) is 0 Å². The molecule has 0 aromatic heterocycles. The van der Waals surface area contributed by atoms with E-state index >= 15 is 0 Å². The molecule has 0 spiro atoms. The van der Waals surface area contributed by atoms with Crippen molar-refractivity contribution in [3.05, 3.63) is 29.8 Å². The van der Waals surface area contributed by atoms with E-state index in [9.17, 15) is 9.59 Å². The first-order valence-corrected chi connectivity index (χ1v) is 9.05. The Morgan fingerprint density at radius 2 is 1.84 bits per heavy atom. The summed E-state index contributed by atoms with van der Waals surface area (Å²) in [6.45, 7) is 5.57. The first kappa shape index (κ1) is 19.1. The number of benzene rings is 1. The van der Waals surface area contributed by atoms with Crippen LogP contribution in [0.1, 0.15) is 38.7 Å². The van der Waals surface area contributed by atoms with Crippen LogP contribution in [0.3, 0.4) is 0 Å². The Morgan fingerprint density at radius 1 is 1.16 bits per heavy atom. The number of amides is 2. The average Bonchev–Trinajstić information content (AvgIpc) is 2.62. The van der Waals surface area contributed by atoms with Gasteiger partial charge in [0.1, 0.15) is 5.75 Å². The highest BCUT2D eigenvalue weighted by Crippen LogP contribution is 2.15. The van der Waals surface area contributed by atoms with Crippen LogP contribution in [0.25, 0.3) is 0 Å². The molecule has 0 atom stereocenters. The van der Waals surface area contributed by atoms with Gasteiger partial charge in [-0.15, -0.1) is 0 Å². The zero-order chi connectivity index (χ0) is 18.1. The van der Waals surface area contributed by atoms with Crippen LogP contribution < -0.4 is 10.1 Å². The fraction of sp³-hybridized carbons (Fsp3) is 0.579. The number of rotatable bonds is 7. The molecule has 138 valence electrons. The second kappa shape index (κ2) is 9.91. The molecular weight excluding hydrogens is 320 g/mol. The minimum absolute atomic E-state index is 0.0211. The first-order valence-electron chi connectivity index (χ1n) is 9.05. The zero-order valence-electron chi connectivity index (χ0n) is 15.1. The van der Waals surface area contributed by atoms with Gasteiger partial charge in [0.15, 0.2) is 6.61 Å². The number of nitrogens with one attached hydrogen (secondary N) is 1. The summed E-state index contributed by atoms with van der Waals surface area (Å²) in [6.07, 6.45) is 3.24. The molecule has 1 saturated heterocycles. The molecule has 0 bridgehead atoms. The van der Waals surface area contributed by atoms with E-state index in [0.29, 0.717) is 25.4 Å². The summed E-state index contributed by atoms with van der Waals surface area (Å²) in [6, 6.07) is 7.96. The summed E-state index contributed by atoms with van der Waals surface area (Å²) >= 11 is 0. The van der Waals surface area contributed by atoms with Gasteiger partial charge in [0, 0.05) is 19.1 Å². The maximum atomic E-state index is 12.3. The van der Waals surface area contributed by atoms with E-state index in [1.165, 1.54) is 5.56 Å². The number of piperidine rings is 1. The van der Waals surface area contributed by atoms with Crippen molar-refractivity contribution in [2.45, 2.75) is 45.6 Å². The highest BCUT2D eigenvalue weighted by Gasteiger charge is 2.24. The average molecular weight is 348 g/mol. The van der Waals surface area contributed by atoms with Gasteiger partial charge < -0.3 is 19.7 Å². The fourth-order valence-electron chi connectivity index (χ4n) is 2.89. The lowest BCUT2D eigenvalue weighted by molar-refractivity contribution is -0.134. The van der Waals surface area contributed by atoms with Crippen molar-refractivity contribution < 1.29 is 19.1 Å². The van der Waals surface area contributed by atoms with Crippen LogP contribution in [0, 0.1) is 0 Å². The third-order valence-electron chi connectivity index (χ3n) is 4.27. The lowest BCUT2D eigenvalue weighted by Crippen LogP contribution is -2.47. The number of alkyl carbamates (subject to hydrolysis) is 1. The standard InChI is InChI=1S/C19H28N2O4/c1-3-5-15-6-8-17(9-7-15)25-14-18(22)21-12-10-16(11-13-21)20-19(23)24-4-2/h6-9,16H,3-5,10-14H2,1-2H3,(H,20,23). The van der Waals surface area contributed by atoms with E-state index in [4.69, 9.17) is 9.47 Å². The van der Waals surface area contributed by atoms with Crippen LogP contribution in [0.4, 0.5) is 4.79 Å². The molecule has 1 aromatic carbocycles. The highest BCUT2D eigenvalue weighted by molar-refractivity contribution is 5.78. The molecule has 6 nitrogen and oxygen atoms in total. The van der Waals surface area contributed by atoms with Crippen LogP contribution in [-0.2, 0) is 16.0 Å². The zero-order valence-corrected chi connectivity index (χ0v) is 15.1. The molecule has 1 aromatic rings. The smallest absolute Gasteiger partial charge is 0.407 e. The summed E-state index contributed by atoms with van der Waals surface area (Å²) in [5.74, 6) is 0.694. The molecule has 1 fully saturated rings. The van der Waals surface area contributed by atoms with Crippen molar-refractivity contribution in [1.82, 2.24) is 10.2 Å². The molecule has 1 heterocycles. The molecule has 0 saturated carbocycles. The number of carbonyl (C=O) groups excluding carboxylic acids is 2. The lowest BCUT2D eigenvalue weighted by atomic mass is 10.1. The molecule has 1 aliphatic rings. The van der Waals surface area contributed by atoms with Crippen molar-refractivity contribution in [2.75, 3.05) is 26.3 Å². The van der Waals surface area contributed by atoms with E-state index < -0.39 is 0 Å². The monoisotopic (exact) mass is 348 g/mol. The molecular formula is C19H28N2O4. The first-order chi connectivity index (χ1) is 12.1. The second-order valence-electron chi connectivity index (χ2n) is 6.20. The molecule has 0 aliphatic carbocycles. The molecule has 1 aliphatic heterocycles. The lowest BCUT2D eigenvalue weighted by Gasteiger charge is -2.32. The highest BCUT2D eigenvalue weighted by atomic mass is 16.5. The summed E-state index contributed by atoms with van der Waals surface area (Å²) in [7, 11) is 0. The summed E-state index contributed by atoms with van der Waals surface area (Å²) in [5.41, 5.74) is 1.28. The van der Waals surface area contributed by atoms with Crippen LogP contribution >= 0.6 is 0 Å². The maximum Gasteiger partial charge on any atom is 0.407 e. The summed E-state index contributed by atoms with van der Waals surface area (Å²) in [5, 5.41) is 2.82. The third kappa shape index (κ3) is 6.29. The quantitative estimate of drug-likeness (QED) is 0.823. The number of hydrogen-bond donors (Lipinski definition) is 1. The topological polar surface area (TPSA) is 67.9 Å². The Morgan fingerprint density at radius 3 is 2.44 bits per heavy atom. The van der Waals surface area contributed by atoms with Crippen molar-refractivity contribution in [3.63, 3.8) is 0 Å². The molecule has 2 amide bonds. The van der Waals surface area contributed by atoms with Gasteiger partial charge in [0.25, 0.3) is 5.91 Å². The van der Waals surface area contributed by atoms with Crippen molar-refractivity contribution in [1.29, 1.82) is 0 Å². The SMILES string of the molecule is CCCc1ccc(OCC(=O)N2CCC(NC(=O)OCC)CC2)cc1.